The molecule has 0 fully saturated rings. The molecule has 4 nitrogen and oxygen atoms in total. The highest BCUT2D eigenvalue weighted by molar-refractivity contribution is 7.13. The van der Waals surface area contributed by atoms with Crippen LogP contribution in [0.4, 0.5) is 5.13 Å². The first-order valence-electron chi connectivity index (χ1n) is 3.01. The van der Waals surface area contributed by atoms with Gasteiger partial charge in [-0.05, 0) is 6.92 Å². The smallest absolute Gasteiger partial charge is 0.207 e. The van der Waals surface area contributed by atoms with E-state index in [2.05, 4.69) is 15.5 Å². The third-order valence-electron chi connectivity index (χ3n) is 0.890. The van der Waals surface area contributed by atoms with Crippen molar-refractivity contribution in [1.29, 1.82) is 0 Å². The van der Waals surface area contributed by atoms with Crippen LogP contribution in [0.25, 0.3) is 0 Å². The summed E-state index contributed by atoms with van der Waals surface area (Å²) < 4.78 is 5.03. The highest BCUT2D eigenvalue weighted by Crippen LogP contribution is 2.06. The van der Waals surface area contributed by atoms with Crippen molar-refractivity contribution in [2.75, 3.05) is 18.7 Å². The number of hydrogen-bond donors (Lipinski definition) is 1. The van der Waals surface area contributed by atoms with Crippen LogP contribution in [-0.2, 0) is 4.74 Å². The molecule has 1 rings (SSSR count). The fraction of sp³-hybridized carbons (Fsp3) is 0.600. The van der Waals surface area contributed by atoms with Gasteiger partial charge in [-0.2, -0.15) is 0 Å². The molecule has 0 saturated carbocycles. The molecule has 56 valence electrons. The number of aromatic nitrogens is 2. The molecule has 0 radical (unpaired) electrons. The van der Waals surface area contributed by atoms with E-state index in [1.165, 1.54) is 11.3 Å². The molecule has 0 aromatic carbocycles. The van der Waals surface area contributed by atoms with E-state index in [4.69, 9.17) is 4.74 Å². The summed E-state index contributed by atoms with van der Waals surface area (Å²) in [7, 11) is 0. The summed E-state index contributed by atoms with van der Waals surface area (Å²) in [6, 6.07) is 0. The maximum absolute atomic E-state index is 5.03. The number of nitrogens with one attached hydrogen (secondary N) is 1. The van der Waals surface area contributed by atoms with Gasteiger partial charge in [0.05, 0.1) is 0 Å². The molecule has 0 aliphatic heterocycles. The third kappa shape index (κ3) is 2.28. The van der Waals surface area contributed by atoms with Gasteiger partial charge in [-0.3, -0.25) is 0 Å². The minimum Gasteiger partial charge on any atom is -0.362 e. The second-order valence-electron chi connectivity index (χ2n) is 1.56. The van der Waals surface area contributed by atoms with E-state index in [1.54, 1.807) is 5.51 Å². The molecule has 1 heterocycles. The molecular weight excluding hydrogens is 150 g/mol. The standard InChI is InChI=1S/C5H9N3OS/c1-2-9-3-6-5-8-7-4-10-5/h4H,2-3H2,1H3,(H,6,8). The quantitative estimate of drug-likeness (QED) is 0.524. The van der Waals surface area contributed by atoms with Crippen molar-refractivity contribution >= 4 is 16.5 Å². The van der Waals surface area contributed by atoms with Gasteiger partial charge < -0.3 is 10.1 Å². The van der Waals surface area contributed by atoms with Crippen LogP contribution < -0.4 is 5.32 Å². The van der Waals surface area contributed by atoms with E-state index in [1.807, 2.05) is 6.92 Å². The van der Waals surface area contributed by atoms with Gasteiger partial charge in [0.15, 0.2) is 0 Å². The van der Waals surface area contributed by atoms with E-state index >= 15 is 0 Å². The summed E-state index contributed by atoms with van der Waals surface area (Å²) in [6.07, 6.45) is 0. The highest BCUT2D eigenvalue weighted by atomic mass is 32.1. The first-order chi connectivity index (χ1) is 4.93. The van der Waals surface area contributed by atoms with E-state index in [0.717, 1.165) is 5.13 Å². The number of ether oxygens (including phenoxy) is 1. The van der Waals surface area contributed by atoms with Gasteiger partial charge in [0.2, 0.25) is 5.13 Å². The molecule has 0 aliphatic rings. The van der Waals surface area contributed by atoms with Crippen LogP contribution in [-0.4, -0.2) is 23.5 Å². The number of hydrogen-bond acceptors (Lipinski definition) is 5. The van der Waals surface area contributed by atoms with Crippen LogP contribution in [0, 0.1) is 0 Å². The molecule has 0 unspecified atom stereocenters. The van der Waals surface area contributed by atoms with Gasteiger partial charge >= 0.3 is 0 Å². The molecule has 0 saturated heterocycles. The Morgan fingerprint density at radius 3 is 3.30 bits per heavy atom. The molecule has 0 amide bonds. The molecule has 0 atom stereocenters. The van der Waals surface area contributed by atoms with Crippen molar-refractivity contribution < 1.29 is 4.74 Å². The maximum Gasteiger partial charge on any atom is 0.207 e. The summed E-state index contributed by atoms with van der Waals surface area (Å²) in [5.41, 5.74) is 1.67. The van der Waals surface area contributed by atoms with Gasteiger partial charge in [0.25, 0.3) is 0 Å². The summed E-state index contributed by atoms with van der Waals surface area (Å²) in [5, 5.41) is 11.2. The van der Waals surface area contributed by atoms with Crippen molar-refractivity contribution in [2.24, 2.45) is 0 Å². The Bertz CT molecular complexity index is 165. The third-order valence-corrected chi connectivity index (χ3v) is 1.54. The summed E-state index contributed by atoms with van der Waals surface area (Å²) in [4.78, 5) is 0. The average molecular weight is 159 g/mol. The lowest BCUT2D eigenvalue weighted by Crippen LogP contribution is -2.04. The molecule has 0 aliphatic carbocycles. The molecule has 1 aromatic rings. The largest absolute Gasteiger partial charge is 0.362 e. The van der Waals surface area contributed by atoms with Gasteiger partial charge in [0, 0.05) is 6.61 Å². The number of nitrogens with zero attached hydrogens (tertiary/aromatic N) is 2. The fourth-order valence-corrected chi connectivity index (χ4v) is 0.896. The van der Waals surface area contributed by atoms with Gasteiger partial charge in [-0.1, -0.05) is 11.3 Å². The normalized spacial score (nSPS) is 9.70. The van der Waals surface area contributed by atoms with E-state index < -0.39 is 0 Å². The van der Waals surface area contributed by atoms with Gasteiger partial charge in [-0.15, -0.1) is 10.2 Å². The van der Waals surface area contributed by atoms with Crippen molar-refractivity contribution in [1.82, 2.24) is 10.2 Å². The molecular formula is C5H9N3OS. The van der Waals surface area contributed by atoms with Crippen molar-refractivity contribution in [3.05, 3.63) is 5.51 Å². The Morgan fingerprint density at radius 2 is 2.70 bits per heavy atom. The first kappa shape index (κ1) is 7.43. The predicted molar refractivity (Wildman–Crippen MR) is 40.0 cm³/mol. The molecule has 0 bridgehead atoms. The number of rotatable bonds is 4. The lowest BCUT2D eigenvalue weighted by Gasteiger charge is -1.99. The minimum atomic E-state index is 0.506. The zero-order chi connectivity index (χ0) is 7.23. The van der Waals surface area contributed by atoms with Gasteiger partial charge in [-0.25, -0.2) is 0 Å². The maximum atomic E-state index is 5.03. The average Bonchev–Trinajstić information content (AvgIpc) is 2.41. The zero-order valence-corrected chi connectivity index (χ0v) is 6.52. The SMILES string of the molecule is CCOCNc1nncs1. The Balaban J connectivity index is 2.15. The van der Waals surface area contributed by atoms with E-state index in [-0.39, 0.29) is 0 Å². The summed E-state index contributed by atoms with van der Waals surface area (Å²) in [6.45, 7) is 3.17. The highest BCUT2D eigenvalue weighted by Gasteiger charge is 1.91. The number of anilines is 1. The van der Waals surface area contributed by atoms with E-state index in [9.17, 15) is 0 Å². The van der Waals surface area contributed by atoms with E-state index in [0.29, 0.717) is 13.3 Å². The van der Waals surface area contributed by atoms with Crippen LogP contribution >= 0.6 is 11.3 Å². The van der Waals surface area contributed by atoms with Crippen LogP contribution in [0.5, 0.6) is 0 Å². The molecule has 5 heteroatoms. The zero-order valence-electron chi connectivity index (χ0n) is 5.70. The Kier molecular flexibility index (Phi) is 3.11. The van der Waals surface area contributed by atoms with Crippen LogP contribution in [0.3, 0.4) is 0 Å². The topological polar surface area (TPSA) is 47.0 Å². The Labute approximate surface area is 63.2 Å². The monoisotopic (exact) mass is 159 g/mol. The second-order valence-corrected chi connectivity index (χ2v) is 2.39. The molecule has 0 spiro atoms. The molecule has 10 heavy (non-hydrogen) atoms. The van der Waals surface area contributed by atoms with Crippen molar-refractivity contribution in [3.8, 4) is 0 Å². The lowest BCUT2D eigenvalue weighted by molar-refractivity contribution is 0.167. The molecule has 1 aromatic heterocycles. The van der Waals surface area contributed by atoms with Crippen LogP contribution in [0.2, 0.25) is 0 Å². The van der Waals surface area contributed by atoms with Crippen LogP contribution in [0.1, 0.15) is 6.92 Å². The predicted octanol–water partition coefficient (Wildman–Crippen LogP) is 0.944. The summed E-state index contributed by atoms with van der Waals surface area (Å²) >= 11 is 1.46. The van der Waals surface area contributed by atoms with Crippen LogP contribution in [0.15, 0.2) is 5.51 Å². The Hall–Kier alpha value is -0.680. The first-order valence-corrected chi connectivity index (χ1v) is 3.89. The lowest BCUT2D eigenvalue weighted by atomic mass is 10.9. The van der Waals surface area contributed by atoms with Crippen molar-refractivity contribution in [3.63, 3.8) is 0 Å². The minimum absolute atomic E-state index is 0.506. The van der Waals surface area contributed by atoms with Crippen molar-refractivity contribution in [2.45, 2.75) is 6.92 Å². The Morgan fingerprint density at radius 1 is 1.80 bits per heavy atom. The van der Waals surface area contributed by atoms with Gasteiger partial charge in [0.1, 0.15) is 12.2 Å². The molecule has 1 N–H and O–H groups in total. The second kappa shape index (κ2) is 4.19. The fourth-order valence-electron chi connectivity index (χ4n) is 0.465. The summed E-state index contributed by atoms with van der Waals surface area (Å²) in [5.74, 6) is 0.